The van der Waals surface area contributed by atoms with E-state index in [2.05, 4.69) is 22.8 Å². The Morgan fingerprint density at radius 3 is 2.26 bits per heavy atom. The summed E-state index contributed by atoms with van der Waals surface area (Å²) in [5.74, 6) is -0.304. The first-order chi connectivity index (χ1) is 13.1. The second-order valence-corrected chi connectivity index (χ2v) is 6.38. The quantitative estimate of drug-likeness (QED) is 0.718. The summed E-state index contributed by atoms with van der Waals surface area (Å²) in [5.41, 5.74) is 4.88. The monoisotopic (exact) mass is 358 g/mol. The van der Waals surface area contributed by atoms with E-state index >= 15 is 0 Å². The third-order valence-corrected chi connectivity index (χ3v) is 4.46. The zero-order valence-corrected chi connectivity index (χ0v) is 15.5. The molecule has 0 unspecified atom stereocenters. The zero-order valence-electron chi connectivity index (χ0n) is 15.5. The van der Waals surface area contributed by atoms with Crippen LogP contribution >= 0.6 is 0 Å². The van der Waals surface area contributed by atoms with Crippen LogP contribution in [0.2, 0.25) is 0 Å². The van der Waals surface area contributed by atoms with E-state index in [0.717, 1.165) is 16.7 Å². The van der Waals surface area contributed by atoms with Gasteiger partial charge in [0.15, 0.2) is 0 Å². The van der Waals surface area contributed by atoms with Gasteiger partial charge in [-0.1, -0.05) is 48.5 Å². The molecule has 0 fully saturated rings. The van der Waals surface area contributed by atoms with Crippen molar-refractivity contribution in [3.63, 3.8) is 0 Å². The van der Waals surface area contributed by atoms with Crippen LogP contribution in [0.3, 0.4) is 0 Å². The Balaban J connectivity index is 1.82. The first-order valence-corrected chi connectivity index (χ1v) is 8.84. The number of benzene rings is 3. The molecule has 3 aromatic rings. The molecule has 0 aliphatic carbocycles. The topological polar surface area (TPSA) is 58.2 Å². The van der Waals surface area contributed by atoms with Gasteiger partial charge in [-0.05, 0) is 54.3 Å². The third kappa shape index (κ3) is 4.42. The Labute approximate surface area is 159 Å². The summed E-state index contributed by atoms with van der Waals surface area (Å²) in [5, 5.41) is 5.57. The van der Waals surface area contributed by atoms with Crippen molar-refractivity contribution in [2.75, 3.05) is 12.4 Å². The van der Waals surface area contributed by atoms with E-state index < -0.39 is 0 Å². The largest absolute Gasteiger partial charge is 0.355 e. The van der Waals surface area contributed by atoms with E-state index in [1.807, 2.05) is 49.4 Å². The Morgan fingerprint density at radius 1 is 0.852 bits per heavy atom. The van der Waals surface area contributed by atoms with Gasteiger partial charge in [0.1, 0.15) is 0 Å². The summed E-state index contributed by atoms with van der Waals surface area (Å²) in [6, 6.07) is 22.9. The van der Waals surface area contributed by atoms with Crippen molar-refractivity contribution in [1.29, 1.82) is 0 Å². The van der Waals surface area contributed by atoms with Crippen molar-refractivity contribution < 1.29 is 9.59 Å². The second-order valence-electron chi connectivity index (χ2n) is 6.38. The fraction of sp³-hybridized carbons (Fsp3) is 0.130. The van der Waals surface area contributed by atoms with Gasteiger partial charge in [-0.3, -0.25) is 9.59 Å². The number of anilines is 1. The maximum Gasteiger partial charge on any atom is 0.255 e. The van der Waals surface area contributed by atoms with Gasteiger partial charge in [0.2, 0.25) is 0 Å². The Kier molecular flexibility index (Phi) is 5.67. The summed E-state index contributed by atoms with van der Waals surface area (Å²) in [6.07, 6.45) is 0.693. The molecule has 3 aromatic carbocycles. The van der Waals surface area contributed by atoms with Crippen molar-refractivity contribution in [2.45, 2.75) is 13.3 Å². The normalized spacial score (nSPS) is 10.3. The highest BCUT2D eigenvalue weighted by atomic mass is 16.2. The molecule has 3 rings (SSSR count). The average molecular weight is 358 g/mol. The van der Waals surface area contributed by atoms with E-state index in [1.54, 1.807) is 25.2 Å². The van der Waals surface area contributed by atoms with Crippen LogP contribution < -0.4 is 10.6 Å². The molecule has 0 aliphatic heterocycles. The molecule has 136 valence electrons. The van der Waals surface area contributed by atoms with Crippen LogP contribution in [-0.4, -0.2) is 18.9 Å². The molecular formula is C23H22N2O2. The van der Waals surface area contributed by atoms with Crippen molar-refractivity contribution in [1.82, 2.24) is 5.32 Å². The molecule has 2 N–H and O–H groups in total. The molecular weight excluding hydrogens is 336 g/mol. The molecule has 0 atom stereocenters. The van der Waals surface area contributed by atoms with Crippen molar-refractivity contribution in [3.05, 3.63) is 101 Å². The zero-order chi connectivity index (χ0) is 19.2. The molecule has 0 saturated carbocycles. The van der Waals surface area contributed by atoms with E-state index in [-0.39, 0.29) is 11.8 Å². The Hall–Kier alpha value is -3.40. The van der Waals surface area contributed by atoms with Gasteiger partial charge in [-0.2, -0.15) is 0 Å². The molecule has 4 heteroatoms. The number of nitrogens with one attached hydrogen (secondary N) is 2. The fourth-order valence-corrected chi connectivity index (χ4v) is 2.99. The number of hydrogen-bond acceptors (Lipinski definition) is 2. The van der Waals surface area contributed by atoms with Gasteiger partial charge in [0.25, 0.3) is 11.8 Å². The summed E-state index contributed by atoms with van der Waals surface area (Å²) < 4.78 is 0. The summed E-state index contributed by atoms with van der Waals surface area (Å²) in [4.78, 5) is 24.6. The van der Waals surface area contributed by atoms with Gasteiger partial charge in [-0.15, -0.1) is 0 Å². The van der Waals surface area contributed by atoms with Crippen LogP contribution in [0.25, 0.3) is 0 Å². The maximum atomic E-state index is 12.9. The van der Waals surface area contributed by atoms with Crippen LogP contribution in [-0.2, 0) is 6.42 Å². The molecule has 0 aromatic heterocycles. The van der Waals surface area contributed by atoms with Crippen molar-refractivity contribution >= 4 is 17.5 Å². The summed E-state index contributed by atoms with van der Waals surface area (Å²) >= 11 is 0. The molecule has 27 heavy (non-hydrogen) atoms. The minimum Gasteiger partial charge on any atom is -0.355 e. The number of carbonyl (C=O) groups is 2. The fourth-order valence-electron chi connectivity index (χ4n) is 2.99. The maximum absolute atomic E-state index is 12.9. The SMILES string of the molecule is CNC(=O)c1ccc(NC(=O)c2ccccc2Cc2ccccc2)c(C)c1. The lowest BCUT2D eigenvalue weighted by Gasteiger charge is -2.13. The van der Waals surface area contributed by atoms with Crippen LogP contribution in [0.5, 0.6) is 0 Å². The van der Waals surface area contributed by atoms with Crippen molar-refractivity contribution in [3.8, 4) is 0 Å². The van der Waals surface area contributed by atoms with Gasteiger partial charge in [0, 0.05) is 23.9 Å². The van der Waals surface area contributed by atoms with Crippen molar-refractivity contribution in [2.24, 2.45) is 0 Å². The standard InChI is InChI=1S/C23H22N2O2/c1-16-14-19(22(26)24-2)12-13-21(16)25-23(27)20-11-7-6-10-18(20)15-17-8-4-3-5-9-17/h3-14H,15H2,1-2H3,(H,24,26)(H,25,27). The van der Waals surface area contributed by atoms with E-state index in [9.17, 15) is 9.59 Å². The van der Waals surface area contributed by atoms with E-state index in [0.29, 0.717) is 23.2 Å². The molecule has 4 nitrogen and oxygen atoms in total. The predicted octanol–water partition coefficient (Wildman–Crippen LogP) is 4.20. The summed E-state index contributed by atoms with van der Waals surface area (Å²) in [6.45, 7) is 1.87. The lowest BCUT2D eigenvalue weighted by Crippen LogP contribution is -2.19. The van der Waals surface area contributed by atoms with E-state index in [1.165, 1.54) is 0 Å². The molecule has 0 spiro atoms. The molecule has 0 radical (unpaired) electrons. The summed E-state index contributed by atoms with van der Waals surface area (Å²) in [7, 11) is 1.59. The number of hydrogen-bond donors (Lipinski definition) is 2. The minimum absolute atomic E-state index is 0.149. The highest BCUT2D eigenvalue weighted by Gasteiger charge is 2.13. The average Bonchev–Trinajstić information content (AvgIpc) is 2.70. The number of aryl methyl sites for hydroxylation is 1. The van der Waals surface area contributed by atoms with Crippen LogP contribution in [0.1, 0.15) is 37.4 Å². The van der Waals surface area contributed by atoms with E-state index in [4.69, 9.17) is 0 Å². The number of amides is 2. The van der Waals surface area contributed by atoms with Gasteiger partial charge >= 0.3 is 0 Å². The van der Waals surface area contributed by atoms with Crippen LogP contribution in [0.4, 0.5) is 5.69 Å². The number of carbonyl (C=O) groups excluding carboxylic acids is 2. The Morgan fingerprint density at radius 2 is 1.56 bits per heavy atom. The molecule has 2 amide bonds. The Bertz CT molecular complexity index is 965. The molecule has 0 aliphatic rings. The predicted molar refractivity (Wildman–Crippen MR) is 108 cm³/mol. The van der Waals surface area contributed by atoms with Gasteiger partial charge in [-0.25, -0.2) is 0 Å². The van der Waals surface area contributed by atoms with Crippen LogP contribution in [0.15, 0.2) is 72.8 Å². The third-order valence-electron chi connectivity index (χ3n) is 4.46. The first-order valence-electron chi connectivity index (χ1n) is 8.84. The second kappa shape index (κ2) is 8.32. The highest BCUT2D eigenvalue weighted by molar-refractivity contribution is 6.06. The first kappa shape index (κ1) is 18.4. The molecule has 0 bridgehead atoms. The molecule has 0 saturated heterocycles. The molecule has 0 heterocycles. The number of rotatable bonds is 5. The minimum atomic E-state index is -0.155. The lowest BCUT2D eigenvalue weighted by molar-refractivity contribution is 0.0962. The van der Waals surface area contributed by atoms with Gasteiger partial charge in [0.05, 0.1) is 0 Å². The smallest absolute Gasteiger partial charge is 0.255 e. The highest BCUT2D eigenvalue weighted by Crippen LogP contribution is 2.20. The lowest BCUT2D eigenvalue weighted by atomic mass is 9.99. The van der Waals surface area contributed by atoms with Crippen LogP contribution in [0, 0.1) is 6.92 Å². The van der Waals surface area contributed by atoms with Gasteiger partial charge < -0.3 is 10.6 Å².